The van der Waals surface area contributed by atoms with Gasteiger partial charge in [0.2, 0.25) is 0 Å². The number of methoxy groups -OCH3 is 1. The molecule has 2 aromatic carbocycles. The molecule has 0 saturated heterocycles. The monoisotopic (exact) mass is 308 g/mol. The maximum absolute atomic E-state index is 13.8. The second-order valence-corrected chi connectivity index (χ2v) is 5.23. The molecule has 0 aliphatic carbocycles. The predicted octanol–water partition coefficient (Wildman–Crippen LogP) is 3.10. The van der Waals surface area contributed by atoms with Gasteiger partial charge in [0.1, 0.15) is 11.6 Å². The van der Waals surface area contributed by atoms with Crippen LogP contribution in [0.1, 0.15) is 11.1 Å². The van der Waals surface area contributed by atoms with Crippen LogP contribution in [0.5, 0.6) is 5.75 Å². The van der Waals surface area contributed by atoms with Crippen LogP contribution in [-0.4, -0.2) is 13.2 Å². The fourth-order valence-electron chi connectivity index (χ4n) is 2.25. The number of hydrazine groups is 1. The van der Waals surface area contributed by atoms with Crippen LogP contribution in [-0.2, 0) is 12.8 Å². The van der Waals surface area contributed by atoms with Crippen molar-refractivity contribution < 1.29 is 9.13 Å². The largest absolute Gasteiger partial charge is 0.497 e. The van der Waals surface area contributed by atoms with Crippen LogP contribution >= 0.6 is 11.6 Å². The van der Waals surface area contributed by atoms with Crippen LogP contribution in [0, 0.1) is 5.82 Å². The molecule has 0 bridgehead atoms. The summed E-state index contributed by atoms with van der Waals surface area (Å²) in [6, 6.07) is 12.3. The van der Waals surface area contributed by atoms with Crippen LogP contribution in [0.2, 0.25) is 5.02 Å². The van der Waals surface area contributed by atoms with Crippen LogP contribution in [0.4, 0.5) is 4.39 Å². The summed E-state index contributed by atoms with van der Waals surface area (Å²) in [6.07, 6.45) is 1.07. The number of nitrogens with one attached hydrogen (secondary N) is 1. The van der Waals surface area contributed by atoms with E-state index in [4.69, 9.17) is 22.2 Å². The van der Waals surface area contributed by atoms with Gasteiger partial charge in [0, 0.05) is 16.6 Å². The molecule has 0 aliphatic rings. The first-order valence-corrected chi connectivity index (χ1v) is 7.03. The lowest BCUT2D eigenvalue weighted by atomic mass is 9.99. The topological polar surface area (TPSA) is 47.3 Å². The van der Waals surface area contributed by atoms with Gasteiger partial charge in [-0.1, -0.05) is 29.8 Å². The lowest BCUT2D eigenvalue weighted by Gasteiger charge is -2.17. The van der Waals surface area contributed by atoms with E-state index >= 15 is 0 Å². The van der Waals surface area contributed by atoms with Gasteiger partial charge in [-0.2, -0.15) is 0 Å². The van der Waals surface area contributed by atoms with Crippen molar-refractivity contribution >= 4 is 11.6 Å². The van der Waals surface area contributed by atoms with Crippen molar-refractivity contribution in [3.8, 4) is 5.75 Å². The molecule has 0 radical (unpaired) electrons. The molecule has 0 aromatic heterocycles. The molecule has 0 fully saturated rings. The second-order valence-electron chi connectivity index (χ2n) is 4.82. The molecule has 0 aliphatic heterocycles. The van der Waals surface area contributed by atoms with Gasteiger partial charge < -0.3 is 4.74 Å². The molecule has 2 rings (SSSR count). The number of hydrogen-bond acceptors (Lipinski definition) is 3. The zero-order chi connectivity index (χ0) is 15.2. The Labute approximate surface area is 128 Å². The van der Waals surface area contributed by atoms with E-state index in [1.54, 1.807) is 19.2 Å². The van der Waals surface area contributed by atoms with Crippen LogP contribution in [0.15, 0.2) is 42.5 Å². The van der Waals surface area contributed by atoms with Gasteiger partial charge in [0.05, 0.1) is 7.11 Å². The lowest BCUT2D eigenvalue weighted by Crippen LogP contribution is -2.38. The van der Waals surface area contributed by atoms with E-state index in [9.17, 15) is 4.39 Å². The Morgan fingerprint density at radius 2 is 2.00 bits per heavy atom. The number of rotatable bonds is 6. The van der Waals surface area contributed by atoms with Crippen LogP contribution in [0.25, 0.3) is 0 Å². The van der Waals surface area contributed by atoms with Gasteiger partial charge in [0.25, 0.3) is 0 Å². The molecular weight excluding hydrogens is 291 g/mol. The molecule has 2 aromatic rings. The molecule has 0 heterocycles. The fourth-order valence-corrected chi connectivity index (χ4v) is 2.49. The Morgan fingerprint density at radius 3 is 2.67 bits per heavy atom. The predicted molar refractivity (Wildman–Crippen MR) is 82.9 cm³/mol. The van der Waals surface area contributed by atoms with Crippen molar-refractivity contribution in [1.29, 1.82) is 0 Å². The highest BCUT2D eigenvalue weighted by Gasteiger charge is 2.14. The number of nitrogens with two attached hydrogens (primary N) is 1. The lowest BCUT2D eigenvalue weighted by molar-refractivity contribution is 0.413. The molecular formula is C16H18ClFN2O. The average Bonchev–Trinajstić information content (AvgIpc) is 2.50. The highest BCUT2D eigenvalue weighted by molar-refractivity contribution is 6.31. The van der Waals surface area contributed by atoms with E-state index in [-0.39, 0.29) is 11.9 Å². The average molecular weight is 309 g/mol. The number of benzene rings is 2. The molecule has 1 unspecified atom stereocenters. The highest BCUT2D eigenvalue weighted by atomic mass is 35.5. The summed E-state index contributed by atoms with van der Waals surface area (Å²) in [5.74, 6) is 6.07. The summed E-state index contributed by atoms with van der Waals surface area (Å²) in [5, 5.41) is 0.417. The van der Waals surface area contributed by atoms with E-state index in [1.807, 2.05) is 24.3 Å². The van der Waals surface area contributed by atoms with Crippen molar-refractivity contribution in [2.75, 3.05) is 7.11 Å². The Bertz CT molecular complexity index is 586. The summed E-state index contributed by atoms with van der Waals surface area (Å²) in [6.45, 7) is 0. The first-order chi connectivity index (χ1) is 10.1. The third kappa shape index (κ3) is 4.17. The van der Waals surface area contributed by atoms with Gasteiger partial charge in [-0.3, -0.25) is 11.3 Å². The van der Waals surface area contributed by atoms with Gasteiger partial charge in [-0.25, -0.2) is 4.39 Å². The van der Waals surface area contributed by atoms with Crippen molar-refractivity contribution in [2.24, 2.45) is 5.84 Å². The van der Waals surface area contributed by atoms with Crippen molar-refractivity contribution in [3.05, 3.63) is 64.4 Å². The zero-order valence-corrected chi connectivity index (χ0v) is 12.5. The smallest absolute Gasteiger partial charge is 0.127 e. The van der Waals surface area contributed by atoms with Gasteiger partial charge >= 0.3 is 0 Å². The minimum absolute atomic E-state index is 0.119. The first kappa shape index (κ1) is 15.8. The van der Waals surface area contributed by atoms with Gasteiger partial charge in [-0.15, -0.1) is 0 Å². The third-order valence-electron chi connectivity index (χ3n) is 3.36. The van der Waals surface area contributed by atoms with E-state index in [2.05, 4.69) is 5.43 Å². The fraction of sp³-hybridized carbons (Fsp3) is 0.250. The van der Waals surface area contributed by atoms with Crippen molar-refractivity contribution in [3.63, 3.8) is 0 Å². The second kappa shape index (κ2) is 7.41. The molecule has 1 atom stereocenters. The Kier molecular flexibility index (Phi) is 5.56. The Balaban J connectivity index is 2.13. The van der Waals surface area contributed by atoms with Crippen LogP contribution < -0.4 is 16.0 Å². The first-order valence-electron chi connectivity index (χ1n) is 6.66. The SMILES string of the molecule is COc1cccc(CC(Cc2c(F)cccc2Cl)NN)c1. The summed E-state index contributed by atoms with van der Waals surface area (Å²) in [4.78, 5) is 0. The summed E-state index contributed by atoms with van der Waals surface area (Å²) in [7, 11) is 1.62. The molecule has 5 heteroatoms. The van der Waals surface area contributed by atoms with Crippen molar-refractivity contribution in [2.45, 2.75) is 18.9 Å². The van der Waals surface area contributed by atoms with Gasteiger partial charge in [-0.05, 0) is 42.7 Å². The Morgan fingerprint density at radius 1 is 1.24 bits per heavy atom. The van der Waals surface area contributed by atoms with Crippen molar-refractivity contribution in [1.82, 2.24) is 5.43 Å². The zero-order valence-electron chi connectivity index (χ0n) is 11.8. The van der Waals surface area contributed by atoms with Crippen LogP contribution in [0.3, 0.4) is 0 Å². The van der Waals surface area contributed by atoms with E-state index < -0.39 is 0 Å². The highest BCUT2D eigenvalue weighted by Crippen LogP contribution is 2.22. The molecule has 112 valence electrons. The van der Waals surface area contributed by atoms with E-state index in [0.29, 0.717) is 23.4 Å². The van der Waals surface area contributed by atoms with E-state index in [0.717, 1.165) is 11.3 Å². The number of halogens is 2. The minimum atomic E-state index is -0.312. The molecule has 0 spiro atoms. The maximum atomic E-state index is 13.8. The standard InChI is InChI=1S/C16H18ClFN2O/c1-21-13-5-2-4-11(9-13)8-12(20-19)10-14-15(17)6-3-7-16(14)18/h2-7,9,12,20H,8,10,19H2,1H3. The molecule has 3 nitrogen and oxygen atoms in total. The summed E-state index contributed by atoms with van der Waals surface area (Å²) in [5.41, 5.74) is 4.26. The van der Waals surface area contributed by atoms with E-state index in [1.165, 1.54) is 6.07 Å². The quantitative estimate of drug-likeness (QED) is 0.637. The molecule has 3 N–H and O–H groups in total. The van der Waals surface area contributed by atoms with Gasteiger partial charge in [0.15, 0.2) is 0 Å². The third-order valence-corrected chi connectivity index (χ3v) is 3.72. The summed E-state index contributed by atoms with van der Waals surface area (Å²) < 4.78 is 19.0. The number of ether oxygens (including phenoxy) is 1. The minimum Gasteiger partial charge on any atom is -0.497 e. The molecule has 0 saturated carbocycles. The number of hydrogen-bond donors (Lipinski definition) is 2. The molecule has 21 heavy (non-hydrogen) atoms. The summed E-state index contributed by atoms with van der Waals surface area (Å²) >= 11 is 6.05. The maximum Gasteiger partial charge on any atom is 0.127 e. The Hall–Kier alpha value is -1.62. The molecule has 0 amide bonds. The normalized spacial score (nSPS) is 12.2.